The van der Waals surface area contributed by atoms with Crippen LogP contribution in [-0.2, 0) is 9.59 Å². The minimum atomic E-state index is -0.637. The van der Waals surface area contributed by atoms with E-state index in [0.717, 1.165) is 0 Å². The van der Waals surface area contributed by atoms with Crippen LogP contribution in [0.3, 0.4) is 0 Å². The number of nitrogens with zero attached hydrogens (tertiary/aromatic N) is 1. The fourth-order valence-corrected chi connectivity index (χ4v) is 2.32. The standard InChI is InChI=1S/C18H20N4O5/c1-11(18(24)21-13-4-7-15(8-5-13)22(25)26)19-16-10-14(20-12(2)23)6-9-17(16)27-3/h4-11,19H,1-3H3,(H,20,23)(H,21,24). The summed E-state index contributed by atoms with van der Waals surface area (Å²) in [6.45, 7) is 3.06. The number of nitro benzene ring substituents is 1. The van der Waals surface area contributed by atoms with Gasteiger partial charge in [-0.1, -0.05) is 0 Å². The predicted octanol–water partition coefficient (Wildman–Crippen LogP) is 3.00. The number of carbonyl (C=O) groups excluding carboxylic acids is 2. The molecule has 2 aromatic carbocycles. The average Bonchev–Trinajstić information content (AvgIpc) is 2.61. The molecule has 0 aliphatic rings. The lowest BCUT2D eigenvalue weighted by Crippen LogP contribution is -2.32. The average molecular weight is 372 g/mol. The van der Waals surface area contributed by atoms with Gasteiger partial charge >= 0.3 is 0 Å². The summed E-state index contributed by atoms with van der Waals surface area (Å²) < 4.78 is 5.27. The Hall–Kier alpha value is -3.62. The summed E-state index contributed by atoms with van der Waals surface area (Å²) in [4.78, 5) is 33.8. The van der Waals surface area contributed by atoms with Crippen LogP contribution < -0.4 is 20.7 Å². The summed E-state index contributed by atoms with van der Waals surface area (Å²) in [6.07, 6.45) is 0. The van der Waals surface area contributed by atoms with Crippen LogP contribution in [0, 0.1) is 10.1 Å². The van der Waals surface area contributed by atoms with Gasteiger partial charge in [-0.05, 0) is 37.3 Å². The van der Waals surface area contributed by atoms with Crippen molar-refractivity contribution in [2.24, 2.45) is 0 Å². The van der Waals surface area contributed by atoms with Crippen molar-refractivity contribution in [3.8, 4) is 5.75 Å². The van der Waals surface area contributed by atoms with Crippen LogP contribution in [0.5, 0.6) is 5.75 Å². The van der Waals surface area contributed by atoms with E-state index in [0.29, 0.717) is 22.8 Å². The van der Waals surface area contributed by atoms with E-state index in [1.807, 2.05) is 0 Å². The van der Waals surface area contributed by atoms with E-state index in [4.69, 9.17) is 4.74 Å². The molecule has 142 valence electrons. The van der Waals surface area contributed by atoms with Crippen LogP contribution in [0.15, 0.2) is 42.5 Å². The first-order valence-corrected chi connectivity index (χ1v) is 8.07. The molecule has 0 aliphatic heterocycles. The Morgan fingerprint density at radius 2 is 1.70 bits per heavy atom. The van der Waals surface area contributed by atoms with Crippen molar-refractivity contribution < 1.29 is 19.2 Å². The van der Waals surface area contributed by atoms with E-state index >= 15 is 0 Å². The van der Waals surface area contributed by atoms with Crippen molar-refractivity contribution in [2.75, 3.05) is 23.1 Å². The number of anilines is 3. The van der Waals surface area contributed by atoms with Crippen LogP contribution in [0.1, 0.15) is 13.8 Å². The lowest BCUT2D eigenvalue weighted by Gasteiger charge is -2.18. The number of hydrogen-bond donors (Lipinski definition) is 3. The highest BCUT2D eigenvalue weighted by Crippen LogP contribution is 2.28. The van der Waals surface area contributed by atoms with Gasteiger partial charge in [0.1, 0.15) is 11.8 Å². The molecule has 0 fully saturated rings. The summed E-state index contributed by atoms with van der Waals surface area (Å²) in [6, 6.07) is 9.93. The van der Waals surface area contributed by atoms with Crippen LogP contribution in [-0.4, -0.2) is 29.9 Å². The highest BCUT2D eigenvalue weighted by Gasteiger charge is 2.16. The Kier molecular flexibility index (Phi) is 6.32. The number of amides is 2. The third kappa shape index (κ3) is 5.43. The van der Waals surface area contributed by atoms with Gasteiger partial charge in [-0.3, -0.25) is 19.7 Å². The monoisotopic (exact) mass is 372 g/mol. The molecule has 0 heterocycles. The maximum atomic E-state index is 12.4. The lowest BCUT2D eigenvalue weighted by molar-refractivity contribution is -0.384. The smallest absolute Gasteiger partial charge is 0.269 e. The maximum Gasteiger partial charge on any atom is 0.269 e. The molecule has 0 aromatic heterocycles. The Morgan fingerprint density at radius 1 is 1.07 bits per heavy atom. The normalized spacial score (nSPS) is 11.2. The number of benzene rings is 2. The lowest BCUT2D eigenvalue weighted by atomic mass is 10.2. The van der Waals surface area contributed by atoms with E-state index < -0.39 is 11.0 Å². The van der Waals surface area contributed by atoms with E-state index in [1.54, 1.807) is 25.1 Å². The Morgan fingerprint density at radius 3 is 2.26 bits per heavy atom. The number of non-ortho nitro benzene ring substituents is 1. The molecular weight excluding hydrogens is 352 g/mol. The van der Waals surface area contributed by atoms with Gasteiger partial charge in [-0.15, -0.1) is 0 Å². The number of nitrogens with one attached hydrogen (secondary N) is 3. The van der Waals surface area contributed by atoms with Gasteiger partial charge < -0.3 is 20.7 Å². The second-order valence-electron chi connectivity index (χ2n) is 5.76. The zero-order chi connectivity index (χ0) is 20.0. The zero-order valence-corrected chi connectivity index (χ0v) is 15.1. The van der Waals surface area contributed by atoms with E-state index in [-0.39, 0.29) is 17.5 Å². The SMILES string of the molecule is COc1ccc(NC(C)=O)cc1NC(C)C(=O)Nc1ccc([N+](=O)[O-])cc1. The molecule has 27 heavy (non-hydrogen) atoms. The van der Waals surface area contributed by atoms with E-state index in [1.165, 1.54) is 38.3 Å². The Labute approximate surface area is 155 Å². The van der Waals surface area contributed by atoms with Gasteiger partial charge in [-0.25, -0.2) is 0 Å². The summed E-state index contributed by atoms with van der Waals surface area (Å²) in [5.41, 5.74) is 1.49. The van der Waals surface area contributed by atoms with E-state index in [9.17, 15) is 19.7 Å². The molecule has 9 nitrogen and oxygen atoms in total. The maximum absolute atomic E-state index is 12.4. The van der Waals surface area contributed by atoms with Gasteiger partial charge in [0.05, 0.1) is 17.7 Å². The highest BCUT2D eigenvalue weighted by atomic mass is 16.6. The summed E-state index contributed by atoms with van der Waals surface area (Å²) in [5.74, 6) is -0.0370. The van der Waals surface area contributed by atoms with Gasteiger partial charge in [-0.2, -0.15) is 0 Å². The first kappa shape index (κ1) is 19.7. The Balaban J connectivity index is 2.08. The molecule has 2 aromatic rings. The molecule has 0 saturated carbocycles. The third-order valence-corrected chi connectivity index (χ3v) is 3.63. The number of carbonyl (C=O) groups is 2. The van der Waals surface area contributed by atoms with Crippen molar-refractivity contribution >= 4 is 34.6 Å². The van der Waals surface area contributed by atoms with Crippen LogP contribution in [0.4, 0.5) is 22.7 Å². The highest BCUT2D eigenvalue weighted by molar-refractivity contribution is 5.97. The van der Waals surface area contributed by atoms with Crippen molar-refractivity contribution in [3.63, 3.8) is 0 Å². The molecule has 0 spiro atoms. The van der Waals surface area contributed by atoms with Crippen molar-refractivity contribution in [2.45, 2.75) is 19.9 Å². The first-order chi connectivity index (χ1) is 12.8. The number of methoxy groups -OCH3 is 1. The second-order valence-corrected chi connectivity index (χ2v) is 5.76. The molecule has 0 bridgehead atoms. The second kappa shape index (κ2) is 8.65. The third-order valence-electron chi connectivity index (χ3n) is 3.63. The summed E-state index contributed by atoms with van der Waals surface area (Å²) in [7, 11) is 1.50. The molecule has 3 N–H and O–H groups in total. The minimum absolute atomic E-state index is 0.0568. The largest absolute Gasteiger partial charge is 0.495 e. The molecule has 2 rings (SSSR count). The molecule has 1 atom stereocenters. The fourth-order valence-electron chi connectivity index (χ4n) is 2.32. The van der Waals surface area contributed by atoms with Crippen LogP contribution in [0.25, 0.3) is 0 Å². The minimum Gasteiger partial charge on any atom is -0.495 e. The number of hydrogen-bond acceptors (Lipinski definition) is 6. The van der Waals surface area contributed by atoms with Gasteiger partial charge in [0.25, 0.3) is 5.69 Å². The van der Waals surface area contributed by atoms with Crippen molar-refractivity contribution in [1.82, 2.24) is 0 Å². The number of rotatable bonds is 7. The van der Waals surface area contributed by atoms with Gasteiger partial charge in [0.2, 0.25) is 11.8 Å². The summed E-state index contributed by atoms with van der Waals surface area (Å²) >= 11 is 0. The quantitative estimate of drug-likeness (QED) is 0.507. The first-order valence-electron chi connectivity index (χ1n) is 8.07. The van der Waals surface area contributed by atoms with Crippen molar-refractivity contribution in [3.05, 3.63) is 52.6 Å². The topological polar surface area (TPSA) is 123 Å². The molecule has 1 unspecified atom stereocenters. The van der Waals surface area contributed by atoms with Gasteiger partial charge in [0, 0.05) is 30.4 Å². The van der Waals surface area contributed by atoms with Crippen LogP contribution >= 0.6 is 0 Å². The van der Waals surface area contributed by atoms with E-state index in [2.05, 4.69) is 16.0 Å². The fraction of sp³-hybridized carbons (Fsp3) is 0.222. The zero-order valence-electron chi connectivity index (χ0n) is 15.1. The van der Waals surface area contributed by atoms with Gasteiger partial charge in [0.15, 0.2) is 0 Å². The molecular formula is C18H20N4O5. The molecule has 9 heteroatoms. The predicted molar refractivity (Wildman–Crippen MR) is 102 cm³/mol. The molecule has 0 aliphatic carbocycles. The number of ether oxygens (including phenoxy) is 1. The Bertz CT molecular complexity index is 851. The van der Waals surface area contributed by atoms with Crippen molar-refractivity contribution in [1.29, 1.82) is 0 Å². The summed E-state index contributed by atoms with van der Waals surface area (Å²) in [5, 5.41) is 19.0. The molecule has 0 radical (unpaired) electrons. The van der Waals surface area contributed by atoms with Crippen LogP contribution in [0.2, 0.25) is 0 Å². The molecule has 0 saturated heterocycles. The molecule has 2 amide bonds. The number of nitro groups is 1.